The highest BCUT2D eigenvalue weighted by molar-refractivity contribution is 6.46. The predicted molar refractivity (Wildman–Crippen MR) is 117 cm³/mol. The number of Topliss-reactive ketones (excluding diaryl/α,β-unsaturated/α-hetero) is 1. The predicted octanol–water partition coefficient (Wildman–Crippen LogP) is 3.61. The van der Waals surface area contributed by atoms with Crippen LogP contribution in [0.3, 0.4) is 0 Å². The number of likely N-dealkylation sites (tertiary alicyclic amines) is 1. The molecule has 0 bridgehead atoms. The van der Waals surface area contributed by atoms with Crippen molar-refractivity contribution in [1.82, 2.24) is 4.90 Å². The van der Waals surface area contributed by atoms with Crippen molar-refractivity contribution in [3.05, 3.63) is 58.7 Å². The van der Waals surface area contributed by atoms with Crippen molar-refractivity contribution in [2.24, 2.45) is 0 Å². The number of rotatable bonds is 4. The summed E-state index contributed by atoms with van der Waals surface area (Å²) in [5.41, 5.74) is 2.28. The second kappa shape index (κ2) is 8.22. The highest BCUT2D eigenvalue weighted by Crippen LogP contribution is 2.43. The van der Waals surface area contributed by atoms with Gasteiger partial charge in [0.15, 0.2) is 11.5 Å². The molecule has 2 aromatic rings. The maximum absolute atomic E-state index is 13.1. The van der Waals surface area contributed by atoms with E-state index in [1.54, 1.807) is 18.2 Å². The van der Waals surface area contributed by atoms with E-state index < -0.39 is 17.7 Å². The van der Waals surface area contributed by atoms with Gasteiger partial charge in [-0.25, -0.2) is 0 Å². The van der Waals surface area contributed by atoms with E-state index in [-0.39, 0.29) is 11.3 Å². The summed E-state index contributed by atoms with van der Waals surface area (Å²) in [6.45, 7) is 3.93. The van der Waals surface area contributed by atoms with Gasteiger partial charge >= 0.3 is 0 Å². The van der Waals surface area contributed by atoms with Crippen molar-refractivity contribution >= 4 is 17.4 Å². The summed E-state index contributed by atoms with van der Waals surface area (Å²) in [7, 11) is 0. The molecule has 5 rings (SSSR count). The molecule has 0 saturated carbocycles. The third-order valence-corrected chi connectivity index (χ3v) is 6.07. The number of ether oxygens (including phenoxy) is 3. The van der Waals surface area contributed by atoms with Crippen LogP contribution >= 0.6 is 0 Å². The first-order valence-corrected chi connectivity index (χ1v) is 11.0. The molecule has 1 N–H and O–H groups in total. The Labute approximate surface area is 186 Å². The molecular formula is C25H25NO6. The van der Waals surface area contributed by atoms with Gasteiger partial charge in [0, 0.05) is 12.1 Å². The van der Waals surface area contributed by atoms with Crippen LogP contribution in [0.4, 0.5) is 0 Å². The van der Waals surface area contributed by atoms with Gasteiger partial charge in [-0.15, -0.1) is 0 Å². The molecule has 0 aromatic heterocycles. The van der Waals surface area contributed by atoms with Crippen LogP contribution in [-0.4, -0.2) is 48.1 Å². The second-order valence-electron chi connectivity index (χ2n) is 8.17. The number of aliphatic hydroxyl groups excluding tert-OH is 1. The average Bonchev–Trinajstić information content (AvgIpc) is 3.08. The number of nitrogens with zero attached hydrogens (tertiary/aromatic N) is 1. The first-order chi connectivity index (χ1) is 15.6. The third-order valence-electron chi connectivity index (χ3n) is 6.07. The van der Waals surface area contributed by atoms with Crippen molar-refractivity contribution in [2.45, 2.75) is 32.2 Å². The summed E-state index contributed by atoms with van der Waals surface area (Å²) in [6.07, 6.45) is 2.42. The van der Waals surface area contributed by atoms with Gasteiger partial charge in [0.05, 0.1) is 18.2 Å². The molecule has 0 aliphatic carbocycles. The Balaban J connectivity index is 1.63. The highest BCUT2D eigenvalue weighted by atomic mass is 16.6. The van der Waals surface area contributed by atoms with Gasteiger partial charge in [-0.3, -0.25) is 9.59 Å². The number of carbonyl (C=O) groups excluding carboxylic acids is 2. The molecule has 32 heavy (non-hydrogen) atoms. The van der Waals surface area contributed by atoms with Crippen LogP contribution < -0.4 is 14.2 Å². The second-order valence-corrected chi connectivity index (χ2v) is 8.17. The number of amides is 1. The van der Waals surface area contributed by atoms with Gasteiger partial charge in [-0.2, -0.15) is 0 Å². The molecule has 1 saturated heterocycles. The molecule has 3 aliphatic heterocycles. The number of aryl methyl sites for hydroxylation is 1. The van der Waals surface area contributed by atoms with Gasteiger partial charge < -0.3 is 24.2 Å². The highest BCUT2D eigenvalue weighted by Gasteiger charge is 2.46. The van der Waals surface area contributed by atoms with Gasteiger partial charge in [-0.05, 0) is 60.7 Å². The molecule has 1 unspecified atom stereocenters. The summed E-state index contributed by atoms with van der Waals surface area (Å²) in [6, 6.07) is 10.1. The number of ketones is 1. The van der Waals surface area contributed by atoms with Crippen LogP contribution in [0.1, 0.15) is 42.5 Å². The number of hydrogen-bond donors (Lipinski definition) is 1. The van der Waals surface area contributed by atoms with Crippen molar-refractivity contribution in [2.75, 3.05) is 26.4 Å². The molecule has 1 atom stereocenters. The van der Waals surface area contributed by atoms with E-state index in [1.165, 1.54) is 4.90 Å². The standard InChI is InChI=1S/C25H25NO6/c1-2-9-26-22(16-5-8-19-20(14-16)32-12-11-31-19)21(24(28)25(26)29)23(27)17-6-7-18-15(13-17)4-3-10-30-18/h5-8,13-14,22,27H,2-4,9-12H2,1H3/b23-21-. The topological polar surface area (TPSA) is 85.3 Å². The molecular weight excluding hydrogens is 410 g/mol. The van der Waals surface area contributed by atoms with Gasteiger partial charge in [-0.1, -0.05) is 13.0 Å². The fourth-order valence-corrected chi connectivity index (χ4v) is 4.59. The fraction of sp³-hybridized carbons (Fsp3) is 0.360. The van der Waals surface area contributed by atoms with Gasteiger partial charge in [0.2, 0.25) is 0 Å². The van der Waals surface area contributed by atoms with Crippen LogP contribution in [0.15, 0.2) is 42.0 Å². The van der Waals surface area contributed by atoms with E-state index in [1.807, 2.05) is 25.1 Å². The lowest BCUT2D eigenvalue weighted by Gasteiger charge is -2.26. The largest absolute Gasteiger partial charge is 0.507 e. The van der Waals surface area contributed by atoms with E-state index in [2.05, 4.69) is 0 Å². The van der Waals surface area contributed by atoms with Crippen LogP contribution in [0.25, 0.3) is 5.76 Å². The van der Waals surface area contributed by atoms with Crippen molar-refractivity contribution < 1.29 is 28.9 Å². The number of aliphatic hydroxyl groups is 1. The zero-order valence-corrected chi connectivity index (χ0v) is 17.9. The van der Waals surface area contributed by atoms with Crippen LogP contribution in [0.2, 0.25) is 0 Å². The molecule has 3 heterocycles. The monoisotopic (exact) mass is 435 g/mol. The number of benzene rings is 2. The zero-order valence-electron chi connectivity index (χ0n) is 17.9. The van der Waals surface area contributed by atoms with Gasteiger partial charge in [0.25, 0.3) is 11.7 Å². The van der Waals surface area contributed by atoms with Crippen LogP contribution in [-0.2, 0) is 16.0 Å². The minimum atomic E-state index is -0.696. The maximum atomic E-state index is 13.1. The quantitative estimate of drug-likeness (QED) is 0.449. The summed E-state index contributed by atoms with van der Waals surface area (Å²) in [5, 5.41) is 11.2. The Morgan fingerprint density at radius 3 is 2.56 bits per heavy atom. The SMILES string of the molecule is CCCN1C(=O)C(=O)/C(=C(\O)c2ccc3c(c2)CCCO3)C1c1ccc2c(c1)OCCO2. The van der Waals surface area contributed by atoms with E-state index >= 15 is 0 Å². The summed E-state index contributed by atoms with van der Waals surface area (Å²) in [5.74, 6) is 0.543. The number of fused-ring (bicyclic) bond motifs is 2. The smallest absolute Gasteiger partial charge is 0.295 e. The molecule has 0 spiro atoms. The van der Waals surface area contributed by atoms with E-state index in [4.69, 9.17) is 14.2 Å². The molecule has 3 aliphatic rings. The zero-order chi connectivity index (χ0) is 22.2. The van der Waals surface area contributed by atoms with Crippen molar-refractivity contribution in [3.63, 3.8) is 0 Å². The number of hydrogen-bond acceptors (Lipinski definition) is 6. The third kappa shape index (κ3) is 3.38. The Morgan fingerprint density at radius 2 is 1.75 bits per heavy atom. The Kier molecular flexibility index (Phi) is 5.25. The summed E-state index contributed by atoms with van der Waals surface area (Å²) < 4.78 is 17.0. The normalized spacial score (nSPS) is 21.3. The lowest BCUT2D eigenvalue weighted by molar-refractivity contribution is -0.139. The first kappa shape index (κ1) is 20.4. The van der Waals surface area contributed by atoms with Crippen LogP contribution in [0.5, 0.6) is 17.2 Å². The Morgan fingerprint density at radius 1 is 1.00 bits per heavy atom. The molecule has 0 radical (unpaired) electrons. The number of carbonyl (C=O) groups is 2. The Bertz CT molecular complexity index is 1120. The molecule has 1 fully saturated rings. The van der Waals surface area contributed by atoms with Crippen LogP contribution in [0, 0.1) is 0 Å². The molecule has 7 nitrogen and oxygen atoms in total. The molecule has 1 amide bonds. The average molecular weight is 435 g/mol. The first-order valence-electron chi connectivity index (χ1n) is 11.0. The van der Waals surface area contributed by atoms with E-state index in [0.29, 0.717) is 55.4 Å². The molecule has 166 valence electrons. The minimum Gasteiger partial charge on any atom is -0.507 e. The van der Waals surface area contributed by atoms with Crippen molar-refractivity contribution in [1.29, 1.82) is 0 Å². The lowest BCUT2D eigenvalue weighted by Crippen LogP contribution is -2.30. The van der Waals surface area contributed by atoms with Gasteiger partial charge in [0.1, 0.15) is 24.7 Å². The summed E-state index contributed by atoms with van der Waals surface area (Å²) >= 11 is 0. The molecule has 7 heteroatoms. The Hall–Kier alpha value is -3.48. The lowest BCUT2D eigenvalue weighted by atomic mass is 9.93. The van der Waals surface area contributed by atoms with E-state index in [9.17, 15) is 14.7 Å². The summed E-state index contributed by atoms with van der Waals surface area (Å²) in [4.78, 5) is 27.5. The maximum Gasteiger partial charge on any atom is 0.295 e. The fourth-order valence-electron chi connectivity index (χ4n) is 4.59. The van der Waals surface area contributed by atoms with Crippen molar-refractivity contribution in [3.8, 4) is 17.2 Å². The van der Waals surface area contributed by atoms with E-state index in [0.717, 1.165) is 24.2 Å². The minimum absolute atomic E-state index is 0.0943. The molecule has 2 aromatic carbocycles.